The van der Waals surface area contributed by atoms with Crippen LogP contribution < -0.4 is 0 Å². The number of hydrogen-bond donors (Lipinski definition) is 2. The first kappa shape index (κ1) is 38.1. The summed E-state index contributed by atoms with van der Waals surface area (Å²) in [5.74, 6) is -3.20. The first-order chi connectivity index (χ1) is 23.9. The molecule has 2 aliphatic heterocycles. The summed E-state index contributed by atoms with van der Waals surface area (Å²) in [5, 5.41) is 20.8. The van der Waals surface area contributed by atoms with E-state index in [0.717, 1.165) is 44.9 Å². The molecule has 7 rings (SSSR count). The SMILES string of the molecule is CC(=O)O[C@H]1[C@@H](OC(C)=O)[C@@]2(C)[C@@H]3CC[C@H]4C(C)(C)[C@@H](OC(=O)CC(C)(C)CC(=O)O)CC[C@@]45C[C@@]35CC[C@@]23CO[C@@]2(C(C)(C)O)CC[C@](C)(O2)[C@@H]13. The van der Waals surface area contributed by atoms with Gasteiger partial charge in [-0.25, -0.2) is 0 Å². The number of aliphatic carboxylic acids is 1. The van der Waals surface area contributed by atoms with E-state index < -0.39 is 63.4 Å². The highest BCUT2D eigenvalue weighted by atomic mass is 16.7. The summed E-state index contributed by atoms with van der Waals surface area (Å²) in [6.45, 7) is 19.0. The van der Waals surface area contributed by atoms with Crippen molar-refractivity contribution in [1.29, 1.82) is 0 Å². The summed E-state index contributed by atoms with van der Waals surface area (Å²) in [6.07, 6.45) is 5.59. The standard InChI is InChI=1S/C41H62O11/c1-23(42)49-30-31-36(9)15-18-41(52-36,35(7,8)47)48-22-40(31)17-16-39-21-38(39)14-13-27(51-29(46)20-33(3,4)19-28(44)45)34(5,6)25(38)11-12-26(39)37(40,10)32(30)50-24(2)43/h25-27,30-32,47H,11-22H2,1-10H3,(H,44,45)/t25-,26-,27-,30+,31+,32+,36-,37+,38+,39-,40-,41-/m0/s1. The first-order valence-electron chi connectivity index (χ1n) is 19.7. The Morgan fingerprint density at radius 1 is 0.769 bits per heavy atom. The van der Waals surface area contributed by atoms with Crippen molar-refractivity contribution in [3.63, 3.8) is 0 Å². The summed E-state index contributed by atoms with van der Waals surface area (Å²) in [5.41, 5.74) is -4.27. The van der Waals surface area contributed by atoms with Gasteiger partial charge < -0.3 is 33.9 Å². The average Bonchev–Trinajstić information content (AvgIpc) is 3.47. The zero-order valence-electron chi connectivity index (χ0n) is 33.0. The van der Waals surface area contributed by atoms with Crippen molar-refractivity contribution in [2.24, 2.45) is 50.2 Å². The molecule has 7 fully saturated rings. The number of carboxylic acids is 1. The average molecular weight is 731 g/mol. The van der Waals surface area contributed by atoms with Crippen molar-refractivity contribution in [1.82, 2.24) is 0 Å². The predicted molar refractivity (Wildman–Crippen MR) is 187 cm³/mol. The van der Waals surface area contributed by atoms with Crippen LogP contribution in [0.3, 0.4) is 0 Å². The minimum absolute atomic E-state index is 0.0271. The molecule has 2 bridgehead atoms. The normalized spacial score (nSPS) is 47.0. The lowest BCUT2D eigenvalue weighted by molar-refractivity contribution is -0.316. The second-order valence-corrected chi connectivity index (χ2v) is 20.5. The molecule has 0 aromatic heterocycles. The first-order valence-corrected chi connectivity index (χ1v) is 19.7. The quantitative estimate of drug-likeness (QED) is 0.212. The van der Waals surface area contributed by atoms with E-state index in [2.05, 4.69) is 27.7 Å². The van der Waals surface area contributed by atoms with Crippen LogP contribution in [-0.2, 0) is 42.9 Å². The van der Waals surface area contributed by atoms with Crippen LogP contribution in [0.1, 0.15) is 140 Å². The maximum atomic E-state index is 13.3. The molecule has 0 aromatic rings. The molecule has 7 aliphatic rings. The van der Waals surface area contributed by atoms with Crippen LogP contribution >= 0.6 is 0 Å². The van der Waals surface area contributed by atoms with Crippen LogP contribution in [-0.4, -0.2) is 76.0 Å². The number of carbonyl (C=O) groups excluding carboxylic acids is 3. The number of esters is 3. The van der Waals surface area contributed by atoms with Crippen LogP contribution in [0.4, 0.5) is 0 Å². The lowest BCUT2D eigenvalue weighted by Gasteiger charge is -2.64. The summed E-state index contributed by atoms with van der Waals surface area (Å²) >= 11 is 0. The van der Waals surface area contributed by atoms with Gasteiger partial charge in [-0.05, 0) is 100 Å². The van der Waals surface area contributed by atoms with Gasteiger partial charge in [-0.2, -0.15) is 0 Å². The molecule has 292 valence electrons. The molecule has 11 heteroatoms. The Balaban J connectivity index is 1.25. The molecular formula is C41H62O11. The van der Waals surface area contributed by atoms with Gasteiger partial charge in [0.1, 0.15) is 23.9 Å². The van der Waals surface area contributed by atoms with Crippen LogP contribution in [0.2, 0.25) is 0 Å². The molecule has 0 unspecified atom stereocenters. The number of hydrogen-bond acceptors (Lipinski definition) is 10. The fourth-order valence-electron chi connectivity index (χ4n) is 14.5. The number of aliphatic hydroxyl groups is 1. The molecule has 12 atom stereocenters. The largest absolute Gasteiger partial charge is 0.481 e. The molecule has 2 N–H and O–H groups in total. The fourth-order valence-corrected chi connectivity index (χ4v) is 14.5. The maximum Gasteiger partial charge on any atom is 0.306 e. The van der Waals surface area contributed by atoms with E-state index in [1.165, 1.54) is 13.8 Å². The maximum absolute atomic E-state index is 13.3. The van der Waals surface area contributed by atoms with Crippen molar-refractivity contribution < 1.29 is 53.1 Å². The third-order valence-electron chi connectivity index (χ3n) is 16.4. The molecule has 3 spiro atoms. The summed E-state index contributed by atoms with van der Waals surface area (Å²) in [6, 6.07) is 0. The van der Waals surface area contributed by atoms with Crippen LogP contribution in [0.5, 0.6) is 0 Å². The van der Waals surface area contributed by atoms with Crippen LogP contribution in [0, 0.1) is 50.2 Å². The Morgan fingerprint density at radius 3 is 2.00 bits per heavy atom. The Hall–Kier alpha value is -2.24. The highest BCUT2D eigenvalue weighted by Gasteiger charge is 2.88. The lowest BCUT2D eigenvalue weighted by Crippen LogP contribution is -2.63. The Bertz CT molecular complexity index is 1550. The monoisotopic (exact) mass is 730 g/mol. The zero-order valence-corrected chi connectivity index (χ0v) is 33.0. The van der Waals surface area contributed by atoms with Crippen LogP contribution in [0.15, 0.2) is 0 Å². The second-order valence-electron chi connectivity index (χ2n) is 20.5. The van der Waals surface area contributed by atoms with E-state index in [4.69, 9.17) is 23.7 Å². The Morgan fingerprint density at radius 2 is 1.38 bits per heavy atom. The van der Waals surface area contributed by atoms with Gasteiger partial charge in [-0.15, -0.1) is 0 Å². The van der Waals surface area contributed by atoms with Gasteiger partial charge in [0.25, 0.3) is 0 Å². The third kappa shape index (κ3) is 4.98. The van der Waals surface area contributed by atoms with Crippen LogP contribution in [0.25, 0.3) is 0 Å². The summed E-state index contributed by atoms with van der Waals surface area (Å²) in [4.78, 5) is 50.6. The number of fused-ring (bicyclic) bond motifs is 4. The minimum atomic E-state index is -1.28. The highest BCUT2D eigenvalue weighted by molar-refractivity contribution is 5.73. The van der Waals surface area contributed by atoms with E-state index in [-0.39, 0.29) is 53.0 Å². The Labute approximate surface area is 308 Å². The topological polar surface area (TPSA) is 155 Å². The Kier molecular flexibility index (Phi) is 8.34. The van der Waals surface area contributed by atoms with E-state index in [9.17, 15) is 29.4 Å². The smallest absolute Gasteiger partial charge is 0.306 e. The molecule has 5 saturated carbocycles. The van der Waals surface area contributed by atoms with E-state index >= 15 is 0 Å². The van der Waals surface area contributed by atoms with E-state index in [1.807, 2.05) is 0 Å². The van der Waals surface area contributed by atoms with Crippen molar-refractivity contribution >= 4 is 23.9 Å². The summed E-state index contributed by atoms with van der Waals surface area (Å²) in [7, 11) is 0. The number of carboxylic acid groups (broad SMARTS) is 1. The van der Waals surface area contributed by atoms with Gasteiger partial charge in [-0.3, -0.25) is 19.2 Å². The van der Waals surface area contributed by atoms with Gasteiger partial charge >= 0.3 is 23.9 Å². The molecule has 11 nitrogen and oxygen atoms in total. The number of ether oxygens (including phenoxy) is 5. The van der Waals surface area contributed by atoms with Gasteiger partial charge in [-0.1, -0.05) is 34.6 Å². The molecule has 0 amide bonds. The fraction of sp³-hybridized carbons (Fsp3) is 0.902. The van der Waals surface area contributed by atoms with Crippen molar-refractivity contribution in [3.05, 3.63) is 0 Å². The molecular weight excluding hydrogens is 668 g/mol. The molecule has 0 radical (unpaired) electrons. The van der Waals surface area contributed by atoms with E-state index in [0.29, 0.717) is 25.4 Å². The number of rotatable bonds is 8. The predicted octanol–water partition coefficient (Wildman–Crippen LogP) is 6.36. The second kappa shape index (κ2) is 11.4. The summed E-state index contributed by atoms with van der Waals surface area (Å²) < 4.78 is 32.8. The van der Waals surface area contributed by atoms with Crippen molar-refractivity contribution in [2.45, 2.75) is 175 Å². The van der Waals surface area contributed by atoms with Gasteiger partial charge in [0.15, 0.2) is 5.79 Å². The molecule has 52 heavy (non-hydrogen) atoms. The minimum Gasteiger partial charge on any atom is -0.481 e. The molecule has 5 aliphatic carbocycles. The highest BCUT2D eigenvalue weighted by Crippen LogP contribution is 2.90. The van der Waals surface area contributed by atoms with Gasteiger partial charge in [0, 0.05) is 42.4 Å². The van der Waals surface area contributed by atoms with Crippen molar-refractivity contribution in [2.75, 3.05) is 6.61 Å². The molecule has 2 heterocycles. The lowest BCUT2D eigenvalue weighted by atomic mass is 9.41. The van der Waals surface area contributed by atoms with Gasteiger partial charge in [0.2, 0.25) is 0 Å². The molecule has 2 saturated heterocycles. The van der Waals surface area contributed by atoms with Crippen molar-refractivity contribution in [3.8, 4) is 0 Å². The zero-order chi connectivity index (χ0) is 38.3. The van der Waals surface area contributed by atoms with E-state index in [1.54, 1.807) is 27.7 Å². The third-order valence-corrected chi connectivity index (χ3v) is 16.4. The van der Waals surface area contributed by atoms with Gasteiger partial charge in [0.05, 0.1) is 25.0 Å². The number of carbonyl (C=O) groups is 4. The molecule has 0 aromatic carbocycles.